The fraction of sp³-hybridized carbons (Fsp3) is 0.364. The summed E-state index contributed by atoms with van der Waals surface area (Å²) in [6.07, 6.45) is -0.0378. The third kappa shape index (κ3) is 2.50. The van der Waals surface area contributed by atoms with Crippen LogP contribution in [0.5, 0.6) is 0 Å². The molecule has 2 aromatic rings. The molecule has 1 atom stereocenters. The van der Waals surface area contributed by atoms with Crippen LogP contribution < -0.4 is 0 Å². The van der Waals surface area contributed by atoms with Gasteiger partial charge in [-0.3, -0.25) is 4.79 Å². The first-order chi connectivity index (χ1) is 8.58. The first kappa shape index (κ1) is 12.2. The zero-order valence-corrected chi connectivity index (χ0v) is 10.1. The van der Waals surface area contributed by atoms with E-state index in [2.05, 4.69) is 20.5 Å². The number of aromatic nitrogens is 5. The number of hydrogen-bond donors (Lipinski definition) is 1. The molecule has 1 N–H and O–H groups in total. The Bertz CT molecular complexity index is 566. The average molecular weight is 247 g/mol. The monoisotopic (exact) mass is 247 g/mol. The van der Waals surface area contributed by atoms with Crippen molar-refractivity contribution >= 4 is 5.97 Å². The molecule has 2 rings (SSSR count). The second-order valence-electron chi connectivity index (χ2n) is 4.06. The van der Waals surface area contributed by atoms with Crippen LogP contribution in [0.1, 0.15) is 25.1 Å². The SMILES string of the molecule is Cc1cccc(-c2nnnn2C(C)CC(=O)O)n1. The van der Waals surface area contributed by atoms with Crippen LogP contribution in [-0.4, -0.2) is 36.3 Å². The fourth-order valence-corrected chi connectivity index (χ4v) is 1.67. The normalized spacial score (nSPS) is 12.3. The molecule has 0 aliphatic heterocycles. The molecule has 2 aromatic heterocycles. The van der Waals surface area contributed by atoms with Crippen LogP contribution >= 0.6 is 0 Å². The molecule has 0 aliphatic carbocycles. The van der Waals surface area contributed by atoms with Crippen molar-refractivity contribution in [3.63, 3.8) is 0 Å². The summed E-state index contributed by atoms with van der Waals surface area (Å²) in [4.78, 5) is 15.0. The van der Waals surface area contributed by atoms with E-state index in [4.69, 9.17) is 5.11 Å². The highest BCUT2D eigenvalue weighted by atomic mass is 16.4. The van der Waals surface area contributed by atoms with Crippen molar-refractivity contribution in [2.24, 2.45) is 0 Å². The number of nitrogens with zero attached hydrogens (tertiary/aromatic N) is 5. The maximum Gasteiger partial charge on any atom is 0.305 e. The number of carboxylic acids is 1. The quantitative estimate of drug-likeness (QED) is 0.868. The van der Waals surface area contributed by atoms with Gasteiger partial charge < -0.3 is 5.11 Å². The first-order valence-electron chi connectivity index (χ1n) is 5.51. The second-order valence-corrected chi connectivity index (χ2v) is 4.06. The van der Waals surface area contributed by atoms with E-state index in [0.29, 0.717) is 11.5 Å². The minimum absolute atomic E-state index is 0.0378. The Morgan fingerprint density at radius 1 is 1.50 bits per heavy atom. The molecule has 0 saturated carbocycles. The molecule has 0 saturated heterocycles. The van der Waals surface area contributed by atoms with E-state index in [-0.39, 0.29) is 12.5 Å². The summed E-state index contributed by atoms with van der Waals surface area (Å²) in [5.41, 5.74) is 1.49. The molecule has 7 heteroatoms. The molecule has 0 radical (unpaired) electrons. The van der Waals surface area contributed by atoms with Gasteiger partial charge >= 0.3 is 5.97 Å². The topological polar surface area (TPSA) is 93.8 Å². The lowest BCUT2D eigenvalue weighted by Gasteiger charge is -2.10. The third-order valence-electron chi connectivity index (χ3n) is 2.50. The van der Waals surface area contributed by atoms with Crippen molar-refractivity contribution in [3.05, 3.63) is 23.9 Å². The zero-order chi connectivity index (χ0) is 13.1. The number of rotatable bonds is 4. The Hall–Kier alpha value is -2.31. The number of pyridine rings is 1. The molecule has 1 unspecified atom stereocenters. The summed E-state index contributed by atoms with van der Waals surface area (Å²) in [7, 11) is 0. The fourth-order valence-electron chi connectivity index (χ4n) is 1.67. The highest BCUT2D eigenvalue weighted by Gasteiger charge is 2.17. The van der Waals surface area contributed by atoms with Crippen LogP contribution in [0.25, 0.3) is 11.5 Å². The van der Waals surface area contributed by atoms with Crippen LogP contribution in [0.2, 0.25) is 0 Å². The van der Waals surface area contributed by atoms with Gasteiger partial charge in [0.1, 0.15) is 5.69 Å². The average Bonchev–Trinajstić information content (AvgIpc) is 2.76. The van der Waals surface area contributed by atoms with Crippen LogP contribution in [0.3, 0.4) is 0 Å². The van der Waals surface area contributed by atoms with Crippen LogP contribution in [-0.2, 0) is 4.79 Å². The summed E-state index contributed by atoms with van der Waals surface area (Å²) in [5, 5.41) is 20.1. The summed E-state index contributed by atoms with van der Waals surface area (Å²) >= 11 is 0. The molecule has 0 fully saturated rings. The van der Waals surface area contributed by atoms with Crippen LogP contribution in [0.4, 0.5) is 0 Å². The maximum atomic E-state index is 10.7. The molecule has 0 aromatic carbocycles. The Labute approximate surface area is 103 Å². The minimum Gasteiger partial charge on any atom is -0.481 e. The maximum absolute atomic E-state index is 10.7. The molecular weight excluding hydrogens is 234 g/mol. The lowest BCUT2D eigenvalue weighted by Crippen LogP contribution is -2.13. The largest absolute Gasteiger partial charge is 0.481 e. The lowest BCUT2D eigenvalue weighted by atomic mass is 10.2. The van der Waals surface area contributed by atoms with Gasteiger partial charge in [-0.1, -0.05) is 6.07 Å². The van der Waals surface area contributed by atoms with Crippen molar-refractivity contribution in [1.82, 2.24) is 25.2 Å². The lowest BCUT2D eigenvalue weighted by molar-refractivity contribution is -0.137. The predicted molar refractivity (Wildman–Crippen MR) is 62.7 cm³/mol. The summed E-state index contributed by atoms with van der Waals surface area (Å²) in [6, 6.07) is 5.20. The molecule has 0 amide bonds. The first-order valence-corrected chi connectivity index (χ1v) is 5.51. The molecule has 0 bridgehead atoms. The van der Waals surface area contributed by atoms with Crippen molar-refractivity contribution < 1.29 is 9.90 Å². The van der Waals surface area contributed by atoms with Gasteiger partial charge in [0.25, 0.3) is 0 Å². The van der Waals surface area contributed by atoms with E-state index in [1.54, 1.807) is 13.0 Å². The van der Waals surface area contributed by atoms with E-state index in [0.717, 1.165) is 5.69 Å². The Balaban J connectivity index is 2.35. The van der Waals surface area contributed by atoms with E-state index in [1.807, 2.05) is 19.1 Å². The van der Waals surface area contributed by atoms with E-state index in [1.165, 1.54) is 4.68 Å². The number of hydrogen-bond acceptors (Lipinski definition) is 5. The summed E-state index contributed by atoms with van der Waals surface area (Å²) in [5.74, 6) is -0.409. The van der Waals surface area contributed by atoms with Crippen molar-refractivity contribution in [1.29, 1.82) is 0 Å². The van der Waals surface area contributed by atoms with Gasteiger partial charge in [0.2, 0.25) is 5.82 Å². The van der Waals surface area contributed by atoms with Crippen LogP contribution in [0, 0.1) is 6.92 Å². The predicted octanol–water partition coefficient (Wildman–Crippen LogP) is 1.08. The molecule has 94 valence electrons. The summed E-state index contributed by atoms with van der Waals surface area (Å²) in [6.45, 7) is 3.63. The number of carboxylic acid groups (broad SMARTS) is 1. The standard InChI is InChI=1S/C11H13N5O2/c1-7-4-3-5-9(12-7)11-13-14-15-16(11)8(2)6-10(17)18/h3-5,8H,6H2,1-2H3,(H,17,18). The van der Waals surface area contributed by atoms with E-state index < -0.39 is 5.97 Å². The number of aliphatic carboxylic acids is 1. The van der Waals surface area contributed by atoms with E-state index in [9.17, 15) is 4.79 Å². The molecule has 7 nitrogen and oxygen atoms in total. The van der Waals surface area contributed by atoms with Gasteiger partial charge in [-0.05, 0) is 36.4 Å². The second kappa shape index (κ2) is 4.91. The number of carbonyl (C=O) groups is 1. The van der Waals surface area contributed by atoms with Crippen molar-refractivity contribution in [2.75, 3.05) is 0 Å². The van der Waals surface area contributed by atoms with Crippen molar-refractivity contribution in [3.8, 4) is 11.5 Å². The molecule has 0 aliphatic rings. The van der Waals surface area contributed by atoms with Crippen molar-refractivity contribution in [2.45, 2.75) is 26.3 Å². The highest BCUT2D eigenvalue weighted by molar-refractivity contribution is 5.67. The number of aryl methyl sites for hydroxylation is 1. The van der Waals surface area contributed by atoms with Gasteiger partial charge in [-0.25, -0.2) is 9.67 Å². The van der Waals surface area contributed by atoms with E-state index >= 15 is 0 Å². The number of tetrazole rings is 1. The Morgan fingerprint density at radius 3 is 2.94 bits per heavy atom. The minimum atomic E-state index is -0.888. The molecule has 18 heavy (non-hydrogen) atoms. The Kier molecular flexibility index (Phi) is 3.31. The van der Waals surface area contributed by atoms with Gasteiger partial charge in [0.05, 0.1) is 12.5 Å². The third-order valence-corrected chi connectivity index (χ3v) is 2.50. The van der Waals surface area contributed by atoms with Gasteiger partial charge in [0.15, 0.2) is 0 Å². The zero-order valence-electron chi connectivity index (χ0n) is 10.1. The smallest absolute Gasteiger partial charge is 0.305 e. The summed E-state index contributed by atoms with van der Waals surface area (Å²) < 4.78 is 1.48. The Morgan fingerprint density at radius 2 is 2.28 bits per heavy atom. The molecular formula is C11H13N5O2. The van der Waals surface area contributed by atoms with Gasteiger partial charge in [-0.2, -0.15) is 0 Å². The molecule has 2 heterocycles. The molecule has 0 spiro atoms. The highest BCUT2D eigenvalue weighted by Crippen LogP contribution is 2.18. The van der Waals surface area contributed by atoms with Gasteiger partial charge in [0, 0.05) is 5.69 Å². The van der Waals surface area contributed by atoms with Crippen LogP contribution in [0.15, 0.2) is 18.2 Å². The van der Waals surface area contributed by atoms with Gasteiger partial charge in [-0.15, -0.1) is 5.10 Å².